The molecule has 2 fully saturated rings. The number of nitrogens with zero attached hydrogens (tertiary/aromatic N) is 4. The summed E-state index contributed by atoms with van der Waals surface area (Å²) in [6.45, 7) is 9.77. The third-order valence-corrected chi connectivity index (χ3v) is 5.14. The fourth-order valence-corrected chi connectivity index (χ4v) is 3.62. The number of likely N-dealkylation sites (tertiary alicyclic amines) is 2. The molecule has 142 valence electrons. The zero-order chi connectivity index (χ0) is 18.5. The lowest BCUT2D eigenvalue weighted by atomic mass is 9.96. The molecule has 1 aromatic rings. The minimum absolute atomic E-state index is 0.00499. The van der Waals surface area contributed by atoms with E-state index in [1.807, 2.05) is 0 Å². The van der Waals surface area contributed by atoms with Gasteiger partial charge in [0.2, 0.25) is 17.7 Å². The van der Waals surface area contributed by atoms with E-state index in [0.717, 1.165) is 31.8 Å². The molecule has 3 rings (SSSR count). The molecule has 26 heavy (non-hydrogen) atoms. The second-order valence-corrected chi connectivity index (χ2v) is 7.18. The molecule has 0 aromatic carbocycles. The van der Waals surface area contributed by atoms with Crippen molar-refractivity contribution in [1.82, 2.24) is 25.3 Å². The number of nitrogens with one attached hydrogen (secondary N) is 1. The molecular weight excluding hydrogens is 334 g/mol. The van der Waals surface area contributed by atoms with Gasteiger partial charge in [0.15, 0.2) is 5.82 Å². The monoisotopic (exact) mass is 361 g/mol. The predicted molar refractivity (Wildman–Crippen MR) is 94.9 cm³/mol. The Morgan fingerprint density at radius 1 is 1.42 bits per heavy atom. The fourth-order valence-electron chi connectivity index (χ4n) is 3.62. The summed E-state index contributed by atoms with van der Waals surface area (Å²) >= 11 is 0. The lowest BCUT2D eigenvalue weighted by molar-refractivity contribution is -0.128. The average molecular weight is 361 g/mol. The zero-order valence-corrected chi connectivity index (χ0v) is 15.3. The number of rotatable bonds is 7. The maximum absolute atomic E-state index is 12.3. The van der Waals surface area contributed by atoms with Gasteiger partial charge in [-0.1, -0.05) is 11.2 Å². The Morgan fingerprint density at radius 3 is 2.85 bits per heavy atom. The molecule has 8 heteroatoms. The smallest absolute Gasteiger partial charge is 0.225 e. The van der Waals surface area contributed by atoms with Crippen molar-refractivity contribution in [2.24, 2.45) is 11.8 Å². The molecular formula is C18H27N5O3. The fraction of sp³-hybridized carbons (Fsp3) is 0.667. The summed E-state index contributed by atoms with van der Waals surface area (Å²) in [5.74, 6) is 1.59. The summed E-state index contributed by atoms with van der Waals surface area (Å²) in [6, 6.07) is 0. The molecule has 1 aromatic heterocycles. The van der Waals surface area contributed by atoms with E-state index in [1.54, 1.807) is 17.9 Å². The molecule has 2 amide bonds. The molecule has 3 heterocycles. The second-order valence-electron chi connectivity index (χ2n) is 7.18. The van der Waals surface area contributed by atoms with Gasteiger partial charge in [0.1, 0.15) is 0 Å². The van der Waals surface area contributed by atoms with Crippen molar-refractivity contribution in [3.63, 3.8) is 0 Å². The third-order valence-electron chi connectivity index (χ3n) is 5.14. The van der Waals surface area contributed by atoms with E-state index in [0.29, 0.717) is 44.4 Å². The van der Waals surface area contributed by atoms with Crippen LogP contribution in [-0.2, 0) is 16.1 Å². The van der Waals surface area contributed by atoms with E-state index in [4.69, 9.17) is 4.52 Å². The van der Waals surface area contributed by atoms with E-state index >= 15 is 0 Å². The minimum Gasteiger partial charge on any atom is -0.356 e. The van der Waals surface area contributed by atoms with Crippen LogP contribution >= 0.6 is 0 Å². The average Bonchev–Trinajstić information content (AvgIpc) is 3.20. The predicted octanol–water partition coefficient (Wildman–Crippen LogP) is 0.741. The number of amides is 2. The lowest BCUT2D eigenvalue weighted by Crippen LogP contribution is -2.40. The van der Waals surface area contributed by atoms with Crippen molar-refractivity contribution in [3.8, 4) is 0 Å². The summed E-state index contributed by atoms with van der Waals surface area (Å²) in [7, 11) is 0. The number of piperidine rings is 1. The van der Waals surface area contributed by atoms with Crippen LogP contribution in [0.3, 0.4) is 0 Å². The first-order valence-electron chi connectivity index (χ1n) is 9.23. The molecule has 2 aliphatic rings. The molecule has 1 N–H and O–H groups in total. The van der Waals surface area contributed by atoms with Crippen molar-refractivity contribution >= 4 is 11.8 Å². The van der Waals surface area contributed by atoms with Crippen LogP contribution in [0.1, 0.15) is 31.0 Å². The van der Waals surface area contributed by atoms with Gasteiger partial charge in [0.05, 0.1) is 12.5 Å². The van der Waals surface area contributed by atoms with Crippen molar-refractivity contribution in [1.29, 1.82) is 0 Å². The highest BCUT2D eigenvalue weighted by atomic mass is 16.5. The molecule has 0 bridgehead atoms. The van der Waals surface area contributed by atoms with Crippen LogP contribution in [0.5, 0.6) is 0 Å². The number of aromatic nitrogens is 2. The Hall–Kier alpha value is -2.22. The first-order chi connectivity index (χ1) is 12.5. The largest absolute Gasteiger partial charge is 0.356 e. The molecule has 0 radical (unpaired) electrons. The Labute approximate surface area is 153 Å². The standard InChI is InChI=1S/C18H27N5O3/c1-3-6-23-11-15(9-17(23)24)18(25)19-10-14-4-7-22(8-5-14)12-16-20-13(2)26-21-16/h3,14-15H,1,4-12H2,2H3,(H,19,25). The van der Waals surface area contributed by atoms with Crippen LogP contribution in [0.4, 0.5) is 0 Å². The van der Waals surface area contributed by atoms with Gasteiger partial charge >= 0.3 is 0 Å². The number of carbonyl (C=O) groups excluding carboxylic acids is 2. The first-order valence-corrected chi connectivity index (χ1v) is 9.23. The van der Waals surface area contributed by atoms with Gasteiger partial charge in [0, 0.05) is 33.0 Å². The van der Waals surface area contributed by atoms with Crippen LogP contribution < -0.4 is 5.32 Å². The van der Waals surface area contributed by atoms with E-state index < -0.39 is 0 Å². The third kappa shape index (κ3) is 4.69. The molecule has 8 nitrogen and oxygen atoms in total. The maximum atomic E-state index is 12.3. The molecule has 1 atom stereocenters. The Balaban J connectivity index is 1.36. The summed E-state index contributed by atoms with van der Waals surface area (Å²) in [4.78, 5) is 32.4. The van der Waals surface area contributed by atoms with E-state index in [-0.39, 0.29) is 17.7 Å². The normalized spacial score (nSPS) is 22.0. The molecule has 2 saturated heterocycles. The topological polar surface area (TPSA) is 91.6 Å². The van der Waals surface area contributed by atoms with Gasteiger partial charge in [-0.25, -0.2) is 0 Å². The van der Waals surface area contributed by atoms with Gasteiger partial charge in [-0.15, -0.1) is 6.58 Å². The number of carbonyl (C=O) groups is 2. The number of hydrogen-bond donors (Lipinski definition) is 1. The zero-order valence-electron chi connectivity index (χ0n) is 15.3. The Bertz CT molecular complexity index is 651. The maximum Gasteiger partial charge on any atom is 0.225 e. The molecule has 1 unspecified atom stereocenters. The van der Waals surface area contributed by atoms with Crippen molar-refractivity contribution < 1.29 is 14.1 Å². The molecule has 0 spiro atoms. The van der Waals surface area contributed by atoms with Gasteiger partial charge in [-0.2, -0.15) is 4.98 Å². The summed E-state index contributed by atoms with van der Waals surface area (Å²) in [6.07, 6.45) is 4.07. The molecule has 0 aliphatic carbocycles. The van der Waals surface area contributed by atoms with Crippen molar-refractivity contribution in [3.05, 3.63) is 24.4 Å². The van der Waals surface area contributed by atoms with Crippen LogP contribution in [-0.4, -0.2) is 64.5 Å². The van der Waals surface area contributed by atoms with Crippen LogP contribution in [0, 0.1) is 18.8 Å². The molecule has 2 aliphatic heterocycles. The number of aryl methyl sites for hydroxylation is 1. The first kappa shape index (κ1) is 18.6. The summed E-state index contributed by atoms with van der Waals surface area (Å²) in [5, 5.41) is 6.98. The second kappa shape index (κ2) is 8.44. The van der Waals surface area contributed by atoms with Gasteiger partial charge in [-0.05, 0) is 31.8 Å². The lowest BCUT2D eigenvalue weighted by Gasteiger charge is -2.31. The highest BCUT2D eigenvalue weighted by Crippen LogP contribution is 2.20. The quantitative estimate of drug-likeness (QED) is 0.720. The van der Waals surface area contributed by atoms with E-state index in [1.165, 1.54) is 0 Å². The SMILES string of the molecule is C=CCN1CC(C(=O)NCC2CCN(Cc3noc(C)n3)CC2)CC1=O. The van der Waals surface area contributed by atoms with Crippen LogP contribution in [0.2, 0.25) is 0 Å². The summed E-state index contributed by atoms with van der Waals surface area (Å²) in [5.41, 5.74) is 0. The van der Waals surface area contributed by atoms with Crippen molar-refractivity contribution in [2.45, 2.75) is 32.7 Å². The van der Waals surface area contributed by atoms with Gasteiger partial charge < -0.3 is 14.7 Å². The highest BCUT2D eigenvalue weighted by molar-refractivity contribution is 5.89. The number of hydrogen-bond acceptors (Lipinski definition) is 6. The van der Waals surface area contributed by atoms with E-state index in [9.17, 15) is 9.59 Å². The van der Waals surface area contributed by atoms with Crippen LogP contribution in [0.25, 0.3) is 0 Å². The Kier molecular flexibility index (Phi) is 6.03. The van der Waals surface area contributed by atoms with Crippen molar-refractivity contribution in [2.75, 3.05) is 32.7 Å². The Morgan fingerprint density at radius 2 is 2.19 bits per heavy atom. The molecule has 0 saturated carbocycles. The van der Waals surface area contributed by atoms with Gasteiger partial charge in [0.25, 0.3) is 0 Å². The van der Waals surface area contributed by atoms with E-state index in [2.05, 4.69) is 26.9 Å². The highest BCUT2D eigenvalue weighted by Gasteiger charge is 2.33. The van der Waals surface area contributed by atoms with Gasteiger partial charge in [-0.3, -0.25) is 14.5 Å². The minimum atomic E-state index is -0.232. The summed E-state index contributed by atoms with van der Waals surface area (Å²) < 4.78 is 5.00. The van der Waals surface area contributed by atoms with Crippen LogP contribution in [0.15, 0.2) is 17.2 Å².